The van der Waals surface area contributed by atoms with Gasteiger partial charge in [-0.2, -0.15) is 0 Å². The quantitative estimate of drug-likeness (QED) is 0.674. The van der Waals surface area contributed by atoms with Gasteiger partial charge >= 0.3 is 0 Å². The van der Waals surface area contributed by atoms with Gasteiger partial charge in [0, 0.05) is 26.2 Å². The fourth-order valence-electron chi connectivity index (χ4n) is 1.99. The third kappa shape index (κ3) is 4.47. The van der Waals surface area contributed by atoms with Crippen molar-refractivity contribution >= 4 is 5.91 Å². The number of methoxy groups -OCH3 is 1. The highest BCUT2D eigenvalue weighted by Crippen LogP contribution is 2.19. The van der Waals surface area contributed by atoms with Crippen LogP contribution in [0.25, 0.3) is 0 Å². The summed E-state index contributed by atoms with van der Waals surface area (Å²) in [6.07, 6.45) is 0.730. The van der Waals surface area contributed by atoms with Crippen LogP contribution in [0.2, 0.25) is 0 Å². The predicted molar refractivity (Wildman–Crippen MR) is 61.2 cm³/mol. The number of aliphatic hydroxyl groups is 1. The molecule has 0 aromatic heterocycles. The summed E-state index contributed by atoms with van der Waals surface area (Å²) >= 11 is 0. The molecular weight excluding hydrogens is 208 g/mol. The fourth-order valence-corrected chi connectivity index (χ4v) is 1.99. The largest absolute Gasteiger partial charge is 0.389 e. The monoisotopic (exact) mass is 230 g/mol. The lowest BCUT2D eigenvalue weighted by atomic mass is 10.1. The third-order valence-corrected chi connectivity index (χ3v) is 2.72. The molecular formula is C11H22N2O3. The summed E-state index contributed by atoms with van der Waals surface area (Å²) in [5.74, 6) is -0.0118. The van der Waals surface area contributed by atoms with Crippen LogP contribution in [0.5, 0.6) is 0 Å². The van der Waals surface area contributed by atoms with Crippen LogP contribution in [0, 0.1) is 0 Å². The van der Waals surface area contributed by atoms with Crippen molar-refractivity contribution in [3.05, 3.63) is 0 Å². The van der Waals surface area contributed by atoms with Crippen molar-refractivity contribution in [1.29, 1.82) is 0 Å². The number of hydrogen-bond acceptors (Lipinski definition) is 4. The minimum atomic E-state index is -0.640. The van der Waals surface area contributed by atoms with Crippen LogP contribution in [-0.4, -0.2) is 60.9 Å². The molecule has 1 fully saturated rings. The highest BCUT2D eigenvalue weighted by atomic mass is 16.5. The molecule has 1 aliphatic rings. The number of β-amino-alcohol motifs (C(OH)–C–C–N with tert-alkyl or cyclic N) is 1. The van der Waals surface area contributed by atoms with Crippen molar-refractivity contribution in [1.82, 2.24) is 10.2 Å². The van der Waals surface area contributed by atoms with Gasteiger partial charge in [0.25, 0.3) is 0 Å². The molecule has 94 valence electrons. The third-order valence-electron chi connectivity index (χ3n) is 2.72. The van der Waals surface area contributed by atoms with Crippen molar-refractivity contribution in [3.8, 4) is 0 Å². The van der Waals surface area contributed by atoms with Crippen LogP contribution < -0.4 is 5.32 Å². The number of nitrogens with one attached hydrogen (secondary N) is 1. The zero-order chi connectivity index (χ0) is 12.2. The van der Waals surface area contributed by atoms with Gasteiger partial charge in [0.2, 0.25) is 5.91 Å². The maximum atomic E-state index is 11.6. The Morgan fingerprint density at radius 1 is 1.69 bits per heavy atom. The van der Waals surface area contributed by atoms with Gasteiger partial charge in [0.15, 0.2) is 0 Å². The highest BCUT2D eigenvalue weighted by molar-refractivity contribution is 5.78. The van der Waals surface area contributed by atoms with E-state index in [1.165, 1.54) is 0 Å². The zero-order valence-electron chi connectivity index (χ0n) is 10.3. The average Bonchev–Trinajstić information content (AvgIpc) is 2.45. The number of hydrogen-bond donors (Lipinski definition) is 2. The first-order chi connectivity index (χ1) is 7.43. The minimum absolute atomic E-state index is 0.0118. The Morgan fingerprint density at radius 2 is 2.38 bits per heavy atom. The van der Waals surface area contributed by atoms with Gasteiger partial charge in [-0.05, 0) is 20.3 Å². The first kappa shape index (κ1) is 13.4. The van der Waals surface area contributed by atoms with Gasteiger partial charge in [-0.1, -0.05) is 0 Å². The first-order valence-corrected chi connectivity index (χ1v) is 5.66. The van der Waals surface area contributed by atoms with Crippen LogP contribution in [0.15, 0.2) is 0 Å². The fraction of sp³-hybridized carbons (Fsp3) is 0.909. The first-order valence-electron chi connectivity index (χ1n) is 5.66. The number of carbonyl (C=O) groups is 1. The van der Waals surface area contributed by atoms with E-state index >= 15 is 0 Å². The molecule has 0 aromatic rings. The van der Waals surface area contributed by atoms with E-state index in [4.69, 9.17) is 4.74 Å². The lowest BCUT2D eigenvalue weighted by Crippen LogP contribution is -2.42. The van der Waals surface area contributed by atoms with E-state index < -0.39 is 5.60 Å². The second kappa shape index (κ2) is 5.61. The molecule has 1 heterocycles. The van der Waals surface area contributed by atoms with Crippen molar-refractivity contribution in [2.45, 2.75) is 31.9 Å². The van der Waals surface area contributed by atoms with E-state index in [2.05, 4.69) is 5.32 Å². The van der Waals surface area contributed by atoms with Gasteiger partial charge in [-0.15, -0.1) is 0 Å². The summed E-state index contributed by atoms with van der Waals surface area (Å²) in [5.41, 5.74) is -0.640. The molecule has 0 radical (unpaired) electrons. The Hall–Kier alpha value is -0.650. The Labute approximate surface area is 96.8 Å². The molecule has 0 aliphatic carbocycles. The lowest BCUT2D eigenvalue weighted by molar-refractivity contribution is -0.123. The standard InChI is InChI=1S/C11H22N2O3/c1-9(7-16-3)12-10(14)6-13-5-4-11(2,15)8-13/h9,15H,4-8H2,1-3H3,(H,12,14). The second-order valence-corrected chi connectivity index (χ2v) is 4.88. The summed E-state index contributed by atoms with van der Waals surface area (Å²) in [4.78, 5) is 13.6. The molecule has 1 saturated heterocycles. The maximum Gasteiger partial charge on any atom is 0.234 e. The number of ether oxygens (including phenoxy) is 1. The van der Waals surface area contributed by atoms with Crippen molar-refractivity contribution in [3.63, 3.8) is 0 Å². The molecule has 5 nitrogen and oxygen atoms in total. The SMILES string of the molecule is COCC(C)NC(=O)CN1CCC(C)(O)C1. The summed E-state index contributed by atoms with van der Waals surface area (Å²) in [6, 6.07) is 0.0283. The Bertz CT molecular complexity index is 243. The summed E-state index contributed by atoms with van der Waals surface area (Å²) < 4.78 is 4.94. The van der Waals surface area contributed by atoms with E-state index in [1.807, 2.05) is 11.8 Å². The molecule has 2 atom stereocenters. The molecule has 1 aliphatic heterocycles. The Morgan fingerprint density at radius 3 is 2.88 bits per heavy atom. The van der Waals surface area contributed by atoms with Crippen LogP contribution in [0.4, 0.5) is 0 Å². The van der Waals surface area contributed by atoms with E-state index in [0.29, 0.717) is 19.7 Å². The summed E-state index contributed by atoms with van der Waals surface area (Å²) in [5, 5.41) is 12.6. The van der Waals surface area contributed by atoms with E-state index in [0.717, 1.165) is 13.0 Å². The van der Waals surface area contributed by atoms with E-state index in [1.54, 1.807) is 14.0 Å². The average molecular weight is 230 g/mol. The van der Waals surface area contributed by atoms with Gasteiger partial charge in [0.05, 0.1) is 18.8 Å². The number of carbonyl (C=O) groups excluding carboxylic acids is 1. The molecule has 2 unspecified atom stereocenters. The summed E-state index contributed by atoms with van der Waals surface area (Å²) in [6.45, 7) is 5.92. The number of nitrogens with zero attached hydrogens (tertiary/aromatic N) is 1. The maximum absolute atomic E-state index is 11.6. The highest BCUT2D eigenvalue weighted by Gasteiger charge is 2.32. The van der Waals surface area contributed by atoms with Crippen LogP contribution in [-0.2, 0) is 9.53 Å². The molecule has 2 N–H and O–H groups in total. The number of likely N-dealkylation sites (tertiary alicyclic amines) is 1. The molecule has 16 heavy (non-hydrogen) atoms. The molecule has 1 amide bonds. The van der Waals surface area contributed by atoms with Crippen molar-refractivity contribution in [2.75, 3.05) is 33.4 Å². The number of rotatable bonds is 5. The van der Waals surface area contributed by atoms with Crippen LogP contribution >= 0.6 is 0 Å². The van der Waals surface area contributed by atoms with Gasteiger partial charge in [-0.3, -0.25) is 9.69 Å². The van der Waals surface area contributed by atoms with Crippen molar-refractivity contribution in [2.24, 2.45) is 0 Å². The normalized spacial score (nSPS) is 28.0. The topological polar surface area (TPSA) is 61.8 Å². The van der Waals surface area contributed by atoms with Gasteiger partial charge in [-0.25, -0.2) is 0 Å². The van der Waals surface area contributed by atoms with E-state index in [-0.39, 0.29) is 11.9 Å². The molecule has 0 saturated carbocycles. The van der Waals surface area contributed by atoms with Gasteiger partial charge in [0.1, 0.15) is 0 Å². The lowest BCUT2D eigenvalue weighted by Gasteiger charge is -2.19. The van der Waals surface area contributed by atoms with Crippen molar-refractivity contribution < 1.29 is 14.6 Å². The molecule has 0 bridgehead atoms. The predicted octanol–water partition coefficient (Wildman–Crippen LogP) is -0.406. The Kier molecular flexibility index (Phi) is 4.70. The number of amides is 1. The molecule has 0 aromatic carbocycles. The Balaban J connectivity index is 2.25. The minimum Gasteiger partial charge on any atom is -0.389 e. The van der Waals surface area contributed by atoms with Gasteiger partial charge < -0.3 is 15.2 Å². The second-order valence-electron chi connectivity index (χ2n) is 4.88. The smallest absolute Gasteiger partial charge is 0.234 e. The van der Waals surface area contributed by atoms with Crippen LogP contribution in [0.3, 0.4) is 0 Å². The molecule has 1 rings (SSSR count). The summed E-state index contributed by atoms with van der Waals surface area (Å²) in [7, 11) is 1.61. The van der Waals surface area contributed by atoms with E-state index in [9.17, 15) is 9.90 Å². The molecule has 0 spiro atoms. The molecule has 5 heteroatoms. The van der Waals surface area contributed by atoms with Crippen LogP contribution in [0.1, 0.15) is 20.3 Å². The zero-order valence-corrected chi connectivity index (χ0v) is 10.3.